The largest absolute Gasteiger partial charge is 0.497 e. The molecule has 0 radical (unpaired) electrons. The molecule has 3 aliphatic rings. The Morgan fingerprint density at radius 3 is 2.62 bits per heavy atom. The highest BCUT2D eigenvalue weighted by atomic mass is 16.5. The number of methoxy groups -OCH3 is 1. The fraction of sp³-hybridized carbons (Fsp3) is 0.455. The number of carbonyl (C=O) groups excluding carboxylic acids is 2. The van der Waals surface area contributed by atoms with Gasteiger partial charge >= 0.3 is 0 Å². The van der Waals surface area contributed by atoms with Crippen LogP contribution >= 0.6 is 0 Å². The molecular weight excluding hydrogens is 326 g/mol. The average molecular weight is 351 g/mol. The molecule has 26 heavy (non-hydrogen) atoms. The van der Waals surface area contributed by atoms with Crippen molar-refractivity contribution in [2.75, 3.05) is 12.0 Å². The minimum atomic E-state index is -0.162. The summed E-state index contributed by atoms with van der Waals surface area (Å²) in [5, 5.41) is 0. The standard InChI is InChI=1S/C22H25NO3/c1-14-18-10-11-19(21(18)15-6-3-4-7-15)20(14)22(25)23(13-24)16-8-5-9-17(12-16)26-2/h5,8-14,18-20H,3-4,6-7H2,1-2H3/t14-,18-,19-,20+/m0/s1. The third-order valence-electron chi connectivity index (χ3n) is 6.34. The van der Waals surface area contributed by atoms with Gasteiger partial charge in [-0.1, -0.05) is 36.3 Å². The quantitative estimate of drug-likeness (QED) is 0.605. The number of nitrogens with zero attached hydrogens (tertiary/aromatic N) is 1. The highest BCUT2D eigenvalue weighted by Gasteiger charge is 2.51. The van der Waals surface area contributed by atoms with Gasteiger partial charge in [-0.15, -0.1) is 0 Å². The van der Waals surface area contributed by atoms with Crippen molar-refractivity contribution in [1.82, 2.24) is 0 Å². The fourth-order valence-corrected chi connectivity index (χ4v) is 5.09. The Morgan fingerprint density at radius 1 is 1.19 bits per heavy atom. The summed E-state index contributed by atoms with van der Waals surface area (Å²) in [7, 11) is 1.58. The highest BCUT2D eigenvalue weighted by molar-refractivity contribution is 6.08. The number of fused-ring (bicyclic) bond motifs is 2. The van der Waals surface area contributed by atoms with Gasteiger partial charge < -0.3 is 4.74 Å². The molecule has 0 spiro atoms. The number of imide groups is 1. The van der Waals surface area contributed by atoms with Crippen LogP contribution in [0.2, 0.25) is 0 Å². The third-order valence-corrected chi connectivity index (χ3v) is 6.34. The molecule has 1 aromatic rings. The molecule has 0 heterocycles. The molecule has 0 aromatic heterocycles. The molecule has 4 heteroatoms. The maximum atomic E-state index is 13.3. The molecule has 136 valence electrons. The SMILES string of the molecule is COc1cccc(N(C=O)C(=O)[C@@H]2[C@@H](C)[C@@H]3C=C[C@@H]2C3=C2CCCC2)c1. The first-order valence-electron chi connectivity index (χ1n) is 9.48. The van der Waals surface area contributed by atoms with E-state index in [1.165, 1.54) is 36.2 Å². The van der Waals surface area contributed by atoms with Crippen LogP contribution in [0.1, 0.15) is 32.6 Å². The summed E-state index contributed by atoms with van der Waals surface area (Å²) >= 11 is 0. The Kier molecular flexibility index (Phi) is 4.43. The summed E-state index contributed by atoms with van der Waals surface area (Å²) in [4.78, 5) is 26.4. The number of hydrogen-bond acceptors (Lipinski definition) is 3. The van der Waals surface area contributed by atoms with Crippen LogP contribution in [0.3, 0.4) is 0 Å². The van der Waals surface area contributed by atoms with Gasteiger partial charge in [-0.2, -0.15) is 0 Å². The van der Waals surface area contributed by atoms with Crippen molar-refractivity contribution in [3.05, 3.63) is 47.6 Å². The molecule has 2 fully saturated rings. The molecule has 1 aromatic carbocycles. The first-order chi connectivity index (χ1) is 12.7. The van der Waals surface area contributed by atoms with Gasteiger partial charge in [-0.25, -0.2) is 0 Å². The monoisotopic (exact) mass is 351 g/mol. The van der Waals surface area contributed by atoms with E-state index in [0.29, 0.717) is 23.8 Å². The first-order valence-corrected chi connectivity index (χ1v) is 9.48. The van der Waals surface area contributed by atoms with Crippen LogP contribution in [0.4, 0.5) is 5.69 Å². The number of benzene rings is 1. The van der Waals surface area contributed by atoms with Gasteiger partial charge in [0.1, 0.15) is 5.75 Å². The summed E-state index contributed by atoms with van der Waals surface area (Å²) in [6, 6.07) is 7.12. The maximum absolute atomic E-state index is 13.3. The number of ether oxygens (including phenoxy) is 1. The smallest absolute Gasteiger partial charge is 0.237 e. The van der Waals surface area contributed by atoms with E-state index in [2.05, 4.69) is 19.1 Å². The molecule has 4 atom stereocenters. The van der Waals surface area contributed by atoms with Crippen molar-refractivity contribution in [3.63, 3.8) is 0 Å². The van der Waals surface area contributed by atoms with Crippen molar-refractivity contribution in [3.8, 4) is 5.75 Å². The lowest BCUT2D eigenvalue weighted by Crippen LogP contribution is -2.39. The maximum Gasteiger partial charge on any atom is 0.237 e. The number of hydrogen-bond donors (Lipinski definition) is 0. The summed E-state index contributed by atoms with van der Waals surface area (Å²) in [6.45, 7) is 2.15. The zero-order valence-corrected chi connectivity index (χ0v) is 15.4. The zero-order chi connectivity index (χ0) is 18.3. The minimum Gasteiger partial charge on any atom is -0.497 e. The Morgan fingerprint density at radius 2 is 1.92 bits per heavy atom. The van der Waals surface area contributed by atoms with Crippen LogP contribution in [-0.4, -0.2) is 19.4 Å². The Labute approximate surface area is 154 Å². The second-order valence-electron chi connectivity index (χ2n) is 7.60. The van der Waals surface area contributed by atoms with E-state index in [4.69, 9.17) is 4.74 Å². The van der Waals surface area contributed by atoms with Crippen molar-refractivity contribution in [2.45, 2.75) is 32.6 Å². The molecule has 4 rings (SSSR count). The fourth-order valence-electron chi connectivity index (χ4n) is 5.09. The summed E-state index contributed by atoms with van der Waals surface area (Å²) in [6.07, 6.45) is 9.97. The molecule has 0 unspecified atom stereocenters. The Balaban J connectivity index is 1.66. The molecular formula is C22H25NO3. The van der Waals surface area contributed by atoms with Crippen molar-refractivity contribution < 1.29 is 14.3 Å². The van der Waals surface area contributed by atoms with Crippen LogP contribution in [0.25, 0.3) is 0 Å². The molecule has 3 aliphatic carbocycles. The van der Waals surface area contributed by atoms with E-state index >= 15 is 0 Å². The molecule has 4 nitrogen and oxygen atoms in total. The van der Waals surface area contributed by atoms with Crippen LogP contribution in [0.5, 0.6) is 5.75 Å². The predicted octanol–water partition coefficient (Wildman–Crippen LogP) is 4.12. The Hall–Kier alpha value is -2.36. The van der Waals surface area contributed by atoms with Crippen molar-refractivity contribution in [2.24, 2.45) is 23.7 Å². The van der Waals surface area contributed by atoms with Gasteiger partial charge in [0.25, 0.3) is 0 Å². The van der Waals surface area contributed by atoms with Gasteiger partial charge in [-0.05, 0) is 43.7 Å². The van der Waals surface area contributed by atoms with Gasteiger partial charge in [0.15, 0.2) is 0 Å². The minimum absolute atomic E-state index is 0.103. The summed E-state index contributed by atoms with van der Waals surface area (Å²) < 4.78 is 5.24. The van der Waals surface area contributed by atoms with Crippen LogP contribution < -0.4 is 9.64 Å². The van der Waals surface area contributed by atoms with Gasteiger partial charge in [-0.3, -0.25) is 14.5 Å². The summed E-state index contributed by atoms with van der Waals surface area (Å²) in [5.74, 6) is 1.12. The lowest BCUT2D eigenvalue weighted by atomic mass is 9.83. The van der Waals surface area contributed by atoms with Crippen LogP contribution in [-0.2, 0) is 9.59 Å². The number of allylic oxidation sites excluding steroid dienone is 4. The normalized spacial score (nSPS) is 29.3. The van der Waals surface area contributed by atoms with Gasteiger partial charge in [0.2, 0.25) is 12.3 Å². The number of rotatable bonds is 4. The first kappa shape index (κ1) is 17.1. The van der Waals surface area contributed by atoms with Crippen molar-refractivity contribution in [1.29, 1.82) is 0 Å². The average Bonchev–Trinajstić information content (AvgIpc) is 3.37. The molecule has 2 saturated carbocycles. The lowest BCUT2D eigenvalue weighted by molar-refractivity contribution is -0.126. The second kappa shape index (κ2) is 6.75. The van der Waals surface area contributed by atoms with Crippen LogP contribution in [0, 0.1) is 23.7 Å². The number of anilines is 1. The predicted molar refractivity (Wildman–Crippen MR) is 101 cm³/mol. The Bertz CT molecular complexity index is 786. The van der Waals surface area contributed by atoms with Gasteiger partial charge in [0, 0.05) is 17.9 Å². The van der Waals surface area contributed by atoms with Crippen LogP contribution in [0.15, 0.2) is 47.6 Å². The summed E-state index contributed by atoms with van der Waals surface area (Å²) in [5.41, 5.74) is 3.61. The highest BCUT2D eigenvalue weighted by Crippen LogP contribution is 2.55. The second-order valence-corrected chi connectivity index (χ2v) is 7.60. The molecule has 0 N–H and O–H groups in total. The van der Waals surface area contributed by atoms with E-state index in [9.17, 15) is 9.59 Å². The van der Waals surface area contributed by atoms with E-state index in [-0.39, 0.29) is 23.7 Å². The molecule has 0 saturated heterocycles. The number of carbonyl (C=O) groups is 2. The molecule has 2 bridgehead atoms. The lowest BCUT2D eigenvalue weighted by Gasteiger charge is -2.27. The molecule has 0 aliphatic heterocycles. The van der Waals surface area contributed by atoms with Crippen molar-refractivity contribution >= 4 is 18.0 Å². The van der Waals surface area contributed by atoms with E-state index < -0.39 is 0 Å². The zero-order valence-electron chi connectivity index (χ0n) is 15.4. The van der Waals surface area contributed by atoms with E-state index in [0.717, 1.165) is 0 Å². The third kappa shape index (κ3) is 2.59. The molecule has 2 amide bonds. The number of amides is 2. The van der Waals surface area contributed by atoms with E-state index in [1.807, 2.05) is 6.07 Å². The van der Waals surface area contributed by atoms with Gasteiger partial charge in [0.05, 0.1) is 18.7 Å². The topological polar surface area (TPSA) is 46.6 Å². The van der Waals surface area contributed by atoms with E-state index in [1.54, 1.807) is 30.9 Å².